The molecule has 1 aliphatic heterocycles. The summed E-state index contributed by atoms with van der Waals surface area (Å²) in [6.07, 6.45) is 2.20. The number of rotatable bonds is 6. The lowest BCUT2D eigenvalue weighted by Gasteiger charge is -2.21. The quantitative estimate of drug-likeness (QED) is 0.666. The number of thiophene rings is 1. The van der Waals surface area contributed by atoms with E-state index in [0.717, 1.165) is 16.8 Å². The van der Waals surface area contributed by atoms with Gasteiger partial charge in [-0.1, -0.05) is 6.07 Å². The fourth-order valence-corrected chi connectivity index (χ4v) is 5.04. The van der Waals surface area contributed by atoms with E-state index in [-0.39, 0.29) is 4.90 Å². The second-order valence-corrected chi connectivity index (χ2v) is 9.01. The molecule has 1 aromatic carbocycles. The first-order valence-electron chi connectivity index (χ1n) is 8.87. The normalized spacial score (nSPS) is 14.6. The van der Waals surface area contributed by atoms with Crippen LogP contribution < -0.4 is 14.2 Å². The number of nitrogens with zero attached hydrogens (tertiary/aromatic N) is 1. The Morgan fingerprint density at radius 2 is 2.00 bits per heavy atom. The highest BCUT2D eigenvalue weighted by Gasteiger charge is 2.25. The van der Waals surface area contributed by atoms with Gasteiger partial charge in [0.1, 0.15) is 13.2 Å². The average molecular weight is 417 g/mol. The summed E-state index contributed by atoms with van der Waals surface area (Å²) < 4.78 is 40.1. The Labute approximate surface area is 168 Å². The van der Waals surface area contributed by atoms with Gasteiger partial charge in [-0.2, -0.15) is 11.3 Å². The van der Waals surface area contributed by atoms with Gasteiger partial charge in [0.25, 0.3) is 0 Å². The standard InChI is InChI=1S/C20H20N2O4S2/c1-14-3-2-7-21-20(14)17(11-15-6-10-27-13-15)22-28(23,24)16-4-5-18-19(12-16)26-9-8-25-18/h2-7,10,12-13,17,22H,8-9,11H2,1H3/t17-/m0/s1. The van der Waals surface area contributed by atoms with E-state index in [4.69, 9.17) is 9.47 Å². The van der Waals surface area contributed by atoms with Crippen molar-refractivity contribution in [3.05, 3.63) is 70.2 Å². The summed E-state index contributed by atoms with van der Waals surface area (Å²) in [5.41, 5.74) is 2.72. The predicted molar refractivity (Wildman–Crippen MR) is 107 cm³/mol. The van der Waals surface area contributed by atoms with E-state index in [1.54, 1.807) is 23.6 Å². The van der Waals surface area contributed by atoms with Gasteiger partial charge >= 0.3 is 0 Å². The summed E-state index contributed by atoms with van der Waals surface area (Å²) >= 11 is 1.58. The van der Waals surface area contributed by atoms with Gasteiger partial charge in [0.2, 0.25) is 10.0 Å². The molecule has 2 aromatic heterocycles. The molecule has 1 N–H and O–H groups in total. The Kier molecular flexibility index (Phi) is 5.34. The molecule has 0 saturated carbocycles. The van der Waals surface area contributed by atoms with E-state index in [1.165, 1.54) is 12.1 Å². The average Bonchev–Trinajstić information content (AvgIpc) is 3.20. The van der Waals surface area contributed by atoms with Crippen LogP contribution in [0.1, 0.15) is 22.9 Å². The van der Waals surface area contributed by atoms with Gasteiger partial charge in [0.05, 0.1) is 16.6 Å². The molecule has 146 valence electrons. The van der Waals surface area contributed by atoms with Gasteiger partial charge < -0.3 is 9.47 Å². The number of benzene rings is 1. The molecule has 0 radical (unpaired) electrons. The van der Waals surface area contributed by atoms with Crippen LogP contribution in [0.4, 0.5) is 0 Å². The van der Waals surface area contributed by atoms with Gasteiger partial charge in [-0.25, -0.2) is 13.1 Å². The summed E-state index contributed by atoms with van der Waals surface area (Å²) in [6.45, 7) is 2.79. The Morgan fingerprint density at radius 3 is 2.75 bits per heavy atom. The second-order valence-electron chi connectivity index (χ2n) is 6.52. The third-order valence-corrected chi connectivity index (χ3v) is 6.72. The predicted octanol–water partition coefficient (Wildman–Crippen LogP) is 3.49. The maximum absolute atomic E-state index is 13.1. The zero-order valence-electron chi connectivity index (χ0n) is 15.3. The minimum atomic E-state index is -3.78. The van der Waals surface area contributed by atoms with Crippen LogP contribution in [-0.2, 0) is 16.4 Å². The fraction of sp³-hybridized carbons (Fsp3) is 0.250. The summed E-state index contributed by atoms with van der Waals surface area (Å²) in [4.78, 5) is 4.58. The van der Waals surface area contributed by atoms with Gasteiger partial charge in [-0.05, 0) is 59.5 Å². The minimum Gasteiger partial charge on any atom is -0.486 e. The molecule has 3 heterocycles. The van der Waals surface area contributed by atoms with Crippen LogP contribution >= 0.6 is 11.3 Å². The van der Waals surface area contributed by atoms with Gasteiger partial charge in [-0.15, -0.1) is 0 Å². The second kappa shape index (κ2) is 7.90. The topological polar surface area (TPSA) is 77.5 Å². The molecule has 0 amide bonds. The Bertz CT molecular complexity index is 1070. The highest BCUT2D eigenvalue weighted by atomic mass is 32.2. The number of hydrogen-bond acceptors (Lipinski definition) is 6. The van der Waals surface area contributed by atoms with E-state index >= 15 is 0 Å². The SMILES string of the molecule is Cc1cccnc1[C@H](Cc1ccsc1)NS(=O)(=O)c1ccc2c(c1)OCCO2. The van der Waals surface area contributed by atoms with Gasteiger partial charge in [0.15, 0.2) is 11.5 Å². The van der Waals surface area contributed by atoms with Crippen LogP contribution in [0.2, 0.25) is 0 Å². The smallest absolute Gasteiger partial charge is 0.241 e. The molecule has 0 bridgehead atoms. The summed E-state index contributed by atoms with van der Waals surface area (Å²) in [6, 6.07) is 9.95. The van der Waals surface area contributed by atoms with E-state index in [2.05, 4.69) is 9.71 Å². The molecule has 0 fully saturated rings. The molecule has 0 unspecified atom stereocenters. The lowest BCUT2D eigenvalue weighted by Crippen LogP contribution is -2.31. The number of fused-ring (bicyclic) bond motifs is 1. The van der Waals surface area contributed by atoms with Crippen molar-refractivity contribution in [2.75, 3.05) is 13.2 Å². The molecule has 8 heteroatoms. The third kappa shape index (κ3) is 4.04. The zero-order valence-corrected chi connectivity index (χ0v) is 16.9. The molecule has 6 nitrogen and oxygen atoms in total. The van der Waals surface area contributed by atoms with E-state index in [0.29, 0.717) is 31.1 Å². The number of nitrogens with one attached hydrogen (secondary N) is 1. The van der Waals surface area contributed by atoms with Gasteiger partial charge in [0, 0.05) is 12.3 Å². The highest BCUT2D eigenvalue weighted by Crippen LogP contribution is 2.33. The van der Waals surface area contributed by atoms with Crippen LogP contribution in [0.3, 0.4) is 0 Å². The summed E-state index contributed by atoms with van der Waals surface area (Å²) in [5, 5.41) is 4.00. The molecule has 4 rings (SSSR count). The van der Waals surface area contributed by atoms with Crippen molar-refractivity contribution in [1.82, 2.24) is 9.71 Å². The number of aromatic nitrogens is 1. The van der Waals surface area contributed by atoms with Gasteiger partial charge in [-0.3, -0.25) is 4.98 Å². The molecular weight excluding hydrogens is 396 g/mol. The minimum absolute atomic E-state index is 0.139. The number of hydrogen-bond donors (Lipinski definition) is 1. The summed E-state index contributed by atoms with van der Waals surface area (Å²) in [5.74, 6) is 0.998. The van der Waals surface area contributed by atoms with Crippen molar-refractivity contribution in [3.63, 3.8) is 0 Å². The highest BCUT2D eigenvalue weighted by molar-refractivity contribution is 7.89. The fourth-order valence-electron chi connectivity index (χ4n) is 3.15. The van der Waals surface area contributed by atoms with Crippen molar-refractivity contribution < 1.29 is 17.9 Å². The van der Waals surface area contributed by atoms with Crippen molar-refractivity contribution in [3.8, 4) is 11.5 Å². The number of pyridine rings is 1. The Balaban J connectivity index is 1.66. The first-order valence-corrected chi connectivity index (χ1v) is 11.3. The summed E-state index contributed by atoms with van der Waals surface area (Å²) in [7, 11) is -3.78. The first-order chi connectivity index (χ1) is 13.5. The monoisotopic (exact) mass is 416 g/mol. The molecule has 0 aliphatic carbocycles. The molecule has 1 atom stereocenters. The van der Waals surface area contributed by atoms with Crippen LogP contribution in [0.25, 0.3) is 0 Å². The molecule has 0 spiro atoms. The maximum Gasteiger partial charge on any atom is 0.241 e. The van der Waals surface area contributed by atoms with Crippen molar-refractivity contribution in [1.29, 1.82) is 0 Å². The van der Waals surface area contributed by atoms with Crippen molar-refractivity contribution in [2.45, 2.75) is 24.3 Å². The van der Waals surface area contributed by atoms with Crippen molar-refractivity contribution >= 4 is 21.4 Å². The van der Waals surface area contributed by atoms with E-state index < -0.39 is 16.1 Å². The van der Waals surface area contributed by atoms with Crippen LogP contribution in [-0.4, -0.2) is 26.6 Å². The number of ether oxygens (including phenoxy) is 2. The first kappa shape index (κ1) is 18.9. The Morgan fingerprint density at radius 1 is 1.18 bits per heavy atom. The molecule has 1 aliphatic rings. The molecule has 0 saturated heterocycles. The van der Waals surface area contributed by atoms with Crippen LogP contribution in [0, 0.1) is 6.92 Å². The molecule has 3 aromatic rings. The van der Waals surface area contributed by atoms with Crippen molar-refractivity contribution in [2.24, 2.45) is 0 Å². The molecular formula is C20H20N2O4S2. The zero-order chi connectivity index (χ0) is 19.6. The van der Waals surface area contributed by atoms with E-state index in [1.807, 2.05) is 35.9 Å². The maximum atomic E-state index is 13.1. The van der Waals surface area contributed by atoms with E-state index in [9.17, 15) is 8.42 Å². The van der Waals surface area contributed by atoms with Crippen LogP contribution in [0.5, 0.6) is 11.5 Å². The third-order valence-electron chi connectivity index (χ3n) is 4.52. The largest absolute Gasteiger partial charge is 0.486 e. The Hall–Kier alpha value is -2.42. The lowest BCUT2D eigenvalue weighted by atomic mass is 10.0. The lowest BCUT2D eigenvalue weighted by molar-refractivity contribution is 0.171. The number of aryl methyl sites for hydroxylation is 1. The van der Waals surface area contributed by atoms with Crippen LogP contribution in [0.15, 0.2) is 58.3 Å². The molecule has 28 heavy (non-hydrogen) atoms. The number of sulfonamides is 1.